The summed E-state index contributed by atoms with van der Waals surface area (Å²) in [6.45, 7) is 6.60. The summed E-state index contributed by atoms with van der Waals surface area (Å²) in [6, 6.07) is 0. The lowest BCUT2D eigenvalue weighted by Crippen LogP contribution is -2.08. The standard InChI is InChI=1S/C11H17N5O3S/c1-6(2)4-5-12-9-8-10(14-7(3)13-9)16-11(15-8)20(17,18)19/h6H,4-5H2,1-3H3,(H,17,18,19)(H2,12,13,14,15,16). The molecule has 110 valence electrons. The van der Waals surface area contributed by atoms with Crippen LogP contribution in [0.1, 0.15) is 26.1 Å². The Balaban J connectivity index is 2.40. The van der Waals surface area contributed by atoms with Crippen molar-refractivity contribution in [3.63, 3.8) is 0 Å². The third-order valence-electron chi connectivity index (χ3n) is 2.70. The lowest BCUT2D eigenvalue weighted by atomic mass is 10.1. The summed E-state index contributed by atoms with van der Waals surface area (Å²) in [4.78, 5) is 14.6. The van der Waals surface area contributed by atoms with Crippen molar-refractivity contribution in [2.75, 3.05) is 11.9 Å². The summed E-state index contributed by atoms with van der Waals surface area (Å²) in [7, 11) is -4.39. The molecule has 0 aliphatic carbocycles. The van der Waals surface area contributed by atoms with Crippen molar-refractivity contribution < 1.29 is 13.0 Å². The van der Waals surface area contributed by atoms with E-state index in [0.29, 0.717) is 29.6 Å². The Hall–Kier alpha value is -1.74. The highest BCUT2D eigenvalue weighted by Gasteiger charge is 2.18. The van der Waals surface area contributed by atoms with Gasteiger partial charge in [0.1, 0.15) is 11.3 Å². The van der Waals surface area contributed by atoms with Crippen molar-refractivity contribution in [3.8, 4) is 0 Å². The van der Waals surface area contributed by atoms with Gasteiger partial charge in [0.2, 0.25) is 0 Å². The highest BCUT2D eigenvalue weighted by Crippen LogP contribution is 2.20. The van der Waals surface area contributed by atoms with Crippen LogP contribution in [0.5, 0.6) is 0 Å². The van der Waals surface area contributed by atoms with Gasteiger partial charge in [0.25, 0.3) is 5.16 Å². The molecule has 0 aliphatic heterocycles. The van der Waals surface area contributed by atoms with Crippen LogP contribution < -0.4 is 5.32 Å². The van der Waals surface area contributed by atoms with E-state index in [9.17, 15) is 8.42 Å². The Morgan fingerprint density at radius 1 is 1.30 bits per heavy atom. The molecule has 0 aliphatic rings. The molecule has 0 unspecified atom stereocenters. The highest BCUT2D eigenvalue weighted by atomic mass is 32.2. The maximum atomic E-state index is 11.1. The summed E-state index contributed by atoms with van der Waals surface area (Å²) in [5.74, 6) is 1.49. The van der Waals surface area contributed by atoms with Crippen LogP contribution in [0.15, 0.2) is 5.16 Å². The van der Waals surface area contributed by atoms with E-state index in [1.165, 1.54) is 0 Å². The molecule has 8 nitrogen and oxygen atoms in total. The van der Waals surface area contributed by atoms with Gasteiger partial charge in [0, 0.05) is 6.54 Å². The van der Waals surface area contributed by atoms with E-state index in [1.807, 2.05) is 0 Å². The summed E-state index contributed by atoms with van der Waals surface area (Å²) >= 11 is 0. The normalized spacial score (nSPS) is 12.2. The maximum absolute atomic E-state index is 11.1. The molecular formula is C11H17N5O3S. The first kappa shape index (κ1) is 14.7. The molecule has 20 heavy (non-hydrogen) atoms. The van der Waals surface area contributed by atoms with Crippen molar-refractivity contribution in [2.24, 2.45) is 5.92 Å². The van der Waals surface area contributed by atoms with Crippen LogP contribution >= 0.6 is 0 Å². The van der Waals surface area contributed by atoms with Crippen LogP contribution in [-0.2, 0) is 10.1 Å². The zero-order valence-electron chi connectivity index (χ0n) is 11.5. The van der Waals surface area contributed by atoms with Gasteiger partial charge >= 0.3 is 10.1 Å². The van der Waals surface area contributed by atoms with Crippen molar-refractivity contribution in [1.82, 2.24) is 19.9 Å². The molecule has 0 spiro atoms. The molecule has 0 bridgehead atoms. The molecule has 0 amide bonds. The summed E-state index contributed by atoms with van der Waals surface area (Å²) in [5.41, 5.74) is 0.573. The number of fused-ring (bicyclic) bond motifs is 1. The van der Waals surface area contributed by atoms with Crippen LogP contribution in [0.2, 0.25) is 0 Å². The van der Waals surface area contributed by atoms with E-state index in [0.717, 1.165) is 6.42 Å². The topological polar surface area (TPSA) is 121 Å². The number of hydrogen-bond acceptors (Lipinski definition) is 6. The van der Waals surface area contributed by atoms with Gasteiger partial charge in [-0.2, -0.15) is 13.4 Å². The maximum Gasteiger partial charge on any atom is 0.328 e. The van der Waals surface area contributed by atoms with Gasteiger partial charge in [-0.15, -0.1) is 0 Å². The third kappa shape index (κ3) is 3.23. The molecule has 0 radical (unpaired) electrons. The fourth-order valence-corrected chi connectivity index (χ4v) is 2.15. The van der Waals surface area contributed by atoms with Crippen LogP contribution in [-0.4, -0.2) is 39.5 Å². The molecule has 0 saturated carbocycles. The number of aryl methyl sites for hydroxylation is 1. The van der Waals surface area contributed by atoms with Gasteiger partial charge in [0.05, 0.1) is 0 Å². The summed E-state index contributed by atoms with van der Waals surface area (Å²) in [5, 5.41) is 2.60. The van der Waals surface area contributed by atoms with E-state index in [-0.39, 0.29) is 5.65 Å². The molecule has 3 N–H and O–H groups in total. The Morgan fingerprint density at radius 2 is 2.00 bits per heavy atom. The number of rotatable bonds is 5. The highest BCUT2D eigenvalue weighted by molar-refractivity contribution is 7.85. The lowest BCUT2D eigenvalue weighted by Gasteiger charge is -2.08. The van der Waals surface area contributed by atoms with E-state index < -0.39 is 15.3 Å². The number of aromatic amines is 1. The van der Waals surface area contributed by atoms with E-state index in [4.69, 9.17) is 4.55 Å². The Labute approximate surface area is 116 Å². The number of aromatic nitrogens is 4. The fraction of sp³-hybridized carbons (Fsp3) is 0.545. The number of imidazole rings is 1. The van der Waals surface area contributed by atoms with Crippen LogP contribution in [0.4, 0.5) is 5.82 Å². The minimum atomic E-state index is -4.39. The Bertz CT molecular complexity index is 723. The third-order valence-corrected chi connectivity index (χ3v) is 3.38. The number of H-pyrrole nitrogens is 1. The fourth-order valence-electron chi connectivity index (χ4n) is 1.71. The minimum absolute atomic E-state index is 0.206. The first-order valence-electron chi connectivity index (χ1n) is 6.23. The van der Waals surface area contributed by atoms with Crippen LogP contribution in [0, 0.1) is 12.8 Å². The average molecular weight is 299 g/mol. The molecule has 2 aromatic rings. The molecule has 2 rings (SSSR count). The van der Waals surface area contributed by atoms with E-state index in [1.54, 1.807) is 6.92 Å². The summed E-state index contributed by atoms with van der Waals surface area (Å²) in [6.07, 6.45) is 0.948. The molecule has 0 aromatic carbocycles. The molecule has 9 heteroatoms. The zero-order valence-corrected chi connectivity index (χ0v) is 12.3. The molecule has 2 aromatic heterocycles. The smallest absolute Gasteiger partial charge is 0.328 e. The minimum Gasteiger partial charge on any atom is -0.368 e. The molecule has 0 fully saturated rings. The van der Waals surface area contributed by atoms with Gasteiger partial charge in [-0.05, 0) is 19.3 Å². The van der Waals surface area contributed by atoms with E-state index in [2.05, 4.69) is 39.1 Å². The first-order chi connectivity index (χ1) is 9.27. The van der Waals surface area contributed by atoms with Gasteiger partial charge in [0.15, 0.2) is 11.5 Å². The average Bonchev–Trinajstić information content (AvgIpc) is 2.71. The first-order valence-corrected chi connectivity index (χ1v) is 7.67. The second-order valence-electron chi connectivity index (χ2n) is 4.94. The Morgan fingerprint density at radius 3 is 2.60 bits per heavy atom. The van der Waals surface area contributed by atoms with Crippen molar-refractivity contribution >= 4 is 27.1 Å². The van der Waals surface area contributed by atoms with Crippen molar-refractivity contribution in [1.29, 1.82) is 0 Å². The number of nitrogens with one attached hydrogen (secondary N) is 2. The Kier molecular flexibility index (Phi) is 3.91. The number of nitrogens with zero attached hydrogens (tertiary/aromatic N) is 3. The molecule has 0 atom stereocenters. The van der Waals surface area contributed by atoms with E-state index >= 15 is 0 Å². The molecular weight excluding hydrogens is 282 g/mol. The zero-order chi connectivity index (χ0) is 14.9. The predicted molar refractivity (Wildman–Crippen MR) is 74.2 cm³/mol. The second-order valence-corrected chi connectivity index (χ2v) is 6.28. The second kappa shape index (κ2) is 5.33. The van der Waals surface area contributed by atoms with Gasteiger partial charge < -0.3 is 10.3 Å². The monoisotopic (exact) mass is 299 g/mol. The summed E-state index contributed by atoms with van der Waals surface area (Å²) < 4.78 is 31.2. The number of hydrogen-bond donors (Lipinski definition) is 3. The van der Waals surface area contributed by atoms with Crippen LogP contribution in [0.3, 0.4) is 0 Å². The predicted octanol–water partition coefficient (Wildman–Crippen LogP) is 1.37. The SMILES string of the molecule is Cc1nc(NCCC(C)C)c2[nH]c(S(=O)(=O)O)nc2n1. The van der Waals surface area contributed by atoms with Crippen molar-refractivity contribution in [3.05, 3.63) is 5.82 Å². The van der Waals surface area contributed by atoms with Crippen molar-refractivity contribution in [2.45, 2.75) is 32.3 Å². The quantitative estimate of drug-likeness (QED) is 0.713. The van der Waals surface area contributed by atoms with Gasteiger partial charge in [-0.25, -0.2) is 9.97 Å². The lowest BCUT2D eigenvalue weighted by molar-refractivity contribution is 0.476. The molecule has 2 heterocycles. The molecule has 0 saturated heterocycles. The largest absolute Gasteiger partial charge is 0.368 e. The van der Waals surface area contributed by atoms with Gasteiger partial charge in [-0.1, -0.05) is 13.8 Å². The van der Waals surface area contributed by atoms with Gasteiger partial charge in [-0.3, -0.25) is 4.55 Å². The van der Waals surface area contributed by atoms with Crippen LogP contribution in [0.25, 0.3) is 11.2 Å². The number of anilines is 1.